The molecule has 0 N–H and O–H groups in total. The number of ether oxygens (including phenoxy) is 6. The Labute approximate surface area is 317 Å². The number of carbonyl (C=O) groups excluding carboxylic acids is 4. The Hall–Kier alpha value is -2.72. The molecule has 14 unspecified atom stereocenters. The molecule has 0 bridgehead atoms. The van der Waals surface area contributed by atoms with Crippen molar-refractivity contribution < 1.29 is 47.6 Å². The molecular weight excluding hydrogens is 676 g/mol. The SMILES string of the molecule is CCC(/C=C/C(C)C1CCC2C3CC=C4CC(OC5OC(C(COC(C)=O)OC(C)=O)C(OC(C)=O)C5OC(C)=O)CCC4(C)C3CCC12C)C(C)C. The fraction of sp³-hybridized carbons (Fsp3) is 0.814. The molecule has 1 heterocycles. The molecule has 5 aliphatic rings. The molecule has 4 aliphatic carbocycles. The minimum absolute atomic E-state index is 0.0956. The zero-order valence-electron chi connectivity index (χ0n) is 33.9. The maximum Gasteiger partial charge on any atom is 0.303 e. The van der Waals surface area contributed by atoms with Gasteiger partial charge in [0.2, 0.25) is 0 Å². The van der Waals surface area contributed by atoms with Gasteiger partial charge < -0.3 is 28.4 Å². The summed E-state index contributed by atoms with van der Waals surface area (Å²) in [6, 6.07) is 0. The minimum atomic E-state index is -1.15. The summed E-state index contributed by atoms with van der Waals surface area (Å²) in [4.78, 5) is 48.3. The Balaban J connectivity index is 1.31. The highest BCUT2D eigenvalue weighted by Gasteiger charge is 2.60. The van der Waals surface area contributed by atoms with Crippen LogP contribution in [-0.2, 0) is 47.6 Å². The Morgan fingerprint density at radius 3 is 2.19 bits per heavy atom. The summed E-state index contributed by atoms with van der Waals surface area (Å²) in [5, 5.41) is 0. The van der Waals surface area contributed by atoms with Gasteiger partial charge in [0.15, 0.2) is 24.6 Å². The Morgan fingerprint density at radius 2 is 1.57 bits per heavy atom. The molecule has 53 heavy (non-hydrogen) atoms. The second-order valence-electron chi connectivity index (χ2n) is 17.6. The average Bonchev–Trinajstić information content (AvgIpc) is 3.59. The van der Waals surface area contributed by atoms with Gasteiger partial charge in [0.05, 0.1) is 6.10 Å². The molecule has 298 valence electrons. The van der Waals surface area contributed by atoms with E-state index >= 15 is 0 Å². The van der Waals surface area contributed by atoms with Gasteiger partial charge >= 0.3 is 23.9 Å². The summed E-state index contributed by atoms with van der Waals surface area (Å²) in [7, 11) is 0. The predicted molar refractivity (Wildman–Crippen MR) is 199 cm³/mol. The fourth-order valence-electron chi connectivity index (χ4n) is 11.4. The van der Waals surface area contributed by atoms with E-state index < -0.39 is 54.6 Å². The molecule has 10 nitrogen and oxygen atoms in total. The van der Waals surface area contributed by atoms with E-state index in [-0.39, 0.29) is 18.1 Å². The van der Waals surface area contributed by atoms with E-state index in [4.69, 9.17) is 28.4 Å². The normalized spacial score (nSPS) is 38.2. The van der Waals surface area contributed by atoms with Gasteiger partial charge in [-0.3, -0.25) is 19.2 Å². The first-order chi connectivity index (χ1) is 25.0. The summed E-state index contributed by atoms with van der Waals surface area (Å²) in [6.07, 6.45) is 11.7. The van der Waals surface area contributed by atoms with Crippen LogP contribution in [0.25, 0.3) is 0 Å². The topological polar surface area (TPSA) is 124 Å². The minimum Gasteiger partial charge on any atom is -0.462 e. The first-order valence-corrected chi connectivity index (χ1v) is 20.3. The largest absolute Gasteiger partial charge is 0.462 e. The third kappa shape index (κ3) is 8.90. The van der Waals surface area contributed by atoms with Gasteiger partial charge in [-0.25, -0.2) is 0 Å². The second-order valence-corrected chi connectivity index (χ2v) is 17.6. The van der Waals surface area contributed by atoms with Gasteiger partial charge in [-0.15, -0.1) is 0 Å². The first-order valence-electron chi connectivity index (χ1n) is 20.3. The number of allylic oxidation sites excluding steroid dienone is 3. The second kappa shape index (κ2) is 17.0. The van der Waals surface area contributed by atoms with E-state index in [9.17, 15) is 19.2 Å². The van der Waals surface area contributed by atoms with Gasteiger partial charge in [0.25, 0.3) is 0 Å². The lowest BCUT2D eigenvalue weighted by Crippen LogP contribution is -2.51. The highest BCUT2D eigenvalue weighted by Crippen LogP contribution is 2.67. The smallest absolute Gasteiger partial charge is 0.303 e. The molecule has 4 fully saturated rings. The van der Waals surface area contributed by atoms with Crippen molar-refractivity contribution in [2.75, 3.05) is 6.61 Å². The average molecular weight is 743 g/mol. The molecule has 0 spiro atoms. The van der Waals surface area contributed by atoms with Crippen molar-refractivity contribution in [3.8, 4) is 0 Å². The van der Waals surface area contributed by atoms with Crippen molar-refractivity contribution in [2.45, 2.75) is 164 Å². The van der Waals surface area contributed by atoms with E-state index in [1.54, 1.807) is 0 Å². The molecule has 1 saturated heterocycles. The number of hydrogen-bond donors (Lipinski definition) is 0. The molecule has 0 aromatic heterocycles. The number of fused-ring (bicyclic) bond motifs is 5. The maximum atomic E-state index is 12.3. The van der Waals surface area contributed by atoms with Crippen LogP contribution in [0.15, 0.2) is 23.8 Å². The van der Waals surface area contributed by atoms with Crippen molar-refractivity contribution in [3.05, 3.63) is 23.8 Å². The zero-order valence-corrected chi connectivity index (χ0v) is 33.9. The van der Waals surface area contributed by atoms with Crippen LogP contribution in [-0.4, -0.2) is 67.3 Å². The van der Waals surface area contributed by atoms with Crippen LogP contribution in [0.2, 0.25) is 0 Å². The lowest BCUT2D eigenvalue weighted by atomic mass is 9.47. The quantitative estimate of drug-likeness (QED) is 0.105. The molecule has 0 aromatic rings. The van der Waals surface area contributed by atoms with E-state index in [0.29, 0.717) is 35.0 Å². The van der Waals surface area contributed by atoms with Gasteiger partial charge in [-0.05, 0) is 110 Å². The van der Waals surface area contributed by atoms with E-state index in [0.717, 1.165) is 37.5 Å². The fourth-order valence-corrected chi connectivity index (χ4v) is 11.4. The van der Waals surface area contributed by atoms with Crippen molar-refractivity contribution in [1.82, 2.24) is 0 Å². The molecule has 1 aliphatic heterocycles. The Bertz CT molecular complexity index is 1400. The van der Waals surface area contributed by atoms with E-state index in [2.05, 4.69) is 59.8 Å². The summed E-state index contributed by atoms with van der Waals surface area (Å²) in [5.41, 5.74) is 1.90. The van der Waals surface area contributed by atoms with Crippen LogP contribution in [0, 0.1) is 52.3 Å². The number of carbonyl (C=O) groups is 4. The molecule has 0 amide bonds. The maximum absolute atomic E-state index is 12.3. The summed E-state index contributed by atoms with van der Waals surface area (Å²) < 4.78 is 34.9. The van der Waals surface area contributed by atoms with Gasteiger partial charge in [0.1, 0.15) is 12.7 Å². The first kappa shape index (κ1) is 41.4. The number of rotatable bonds is 13. The van der Waals surface area contributed by atoms with Gasteiger partial charge in [0, 0.05) is 27.7 Å². The molecule has 10 heteroatoms. The molecule has 0 aromatic carbocycles. The standard InChI is InChI=1S/C43H66O10/c1-11-30(24(2)3)13-12-25(4)34-16-17-35-33-15-14-31-22-32(18-20-42(31,9)36(33)19-21-43(34,35)10)52-41-40(51-29(8)47)39(50-28(7)46)38(53-41)37(49-27(6)45)23-48-26(5)44/h12-14,24-25,30,32-41H,11,15-23H2,1-10H3/b13-12+. The van der Waals surface area contributed by atoms with Crippen LogP contribution in [0.4, 0.5) is 0 Å². The van der Waals surface area contributed by atoms with Crippen LogP contribution >= 0.6 is 0 Å². The van der Waals surface area contributed by atoms with Crippen molar-refractivity contribution in [2.24, 2.45) is 52.3 Å². The van der Waals surface area contributed by atoms with E-state index in [1.165, 1.54) is 65.4 Å². The third-order valence-corrected chi connectivity index (χ3v) is 14.0. The number of esters is 4. The predicted octanol–water partition coefficient (Wildman–Crippen LogP) is 7.91. The van der Waals surface area contributed by atoms with Crippen molar-refractivity contribution in [3.63, 3.8) is 0 Å². The summed E-state index contributed by atoms with van der Waals surface area (Å²) in [6.45, 7) is 19.1. The van der Waals surface area contributed by atoms with Gasteiger partial charge in [-0.2, -0.15) is 0 Å². The van der Waals surface area contributed by atoms with Gasteiger partial charge in [-0.1, -0.05) is 65.3 Å². The van der Waals surface area contributed by atoms with Crippen molar-refractivity contribution in [1.29, 1.82) is 0 Å². The number of hydrogen-bond acceptors (Lipinski definition) is 10. The lowest BCUT2D eigenvalue weighted by molar-refractivity contribution is -0.218. The molecule has 5 rings (SSSR count). The van der Waals surface area contributed by atoms with Crippen LogP contribution in [0.5, 0.6) is 0 Å². The Kier molecular flexibility index (Phi) is 13.3. The molecule has 0 radical (unpaired) electrons. The van der Waals surface area contributed by atoms with Crippen LogP contribution < -0.4 is 0 Å². The monoisotopic (exact) mass is 742 g/mol. The summed E-state index contributed by atoms with van der Waals surface area (Å²) >= 11 is 0. The molecule has 14 atom stereocenters. The molecule has 3 saturated carbocycles. The highest BCUT2D eigenvalue weighted by atomic mass is 16.7. The van der Waals surface area contributed by atoms with Crippen molar-refractivity contribution >= 4 is 23.9 Å². The van der Waals surface area contributed by atoms with Crippen LogP contribution in [0.3, 0.4) is 0 Å². The zero-order chi connectivity index (χ0) is 38.8. The Morgan fingerprint density at radius 1 is 0.868 bits per heavy atom. The third-order valence-electron chi connectivity index (χ3n) is 14.0. The van der Waals surface area contributed by atoms with E-state index in [1.807, 2.05) is 0 Å². The summed E-state index contributed by atoms with van der Waals surface area (Å²) in [5.74, 6) is 2.24. The van der Waals surface area contributed by atoms with Crippen LogP contribution in [0.1, 0.15) is 127 Å². The molecular formula is C43H66O10. The highest BCUT2D eigenvalue weighted by molar-refractivity contribution is 5.68. The lowest BCUT2D eigenvalue weighted by Gasteiger charge is -2.58.